The maximum Gasteiger partial charge on any atom is 0.254 e. The summed E-state index contributed by atoms with van der Waals surface area (Å²) in [5.41, 5.74) is 3.72. The van der Waals surface area contributed by atoms with Crippen LogP contribution in [0.25, 0.3) is 16.9 Å². The Morgan fingerprint density at radius 1 is 1.02 bits per heavy atom. The molecular formula is C32H34N4O5. The van der Waals surface area contributed by atoms with Crippen molar-refractivity contribution in [1.29, 1.82) is 0 Å². The van der Waals surface area contributed by atoms with Crippen LogP contribution in [0.3, 0.4) is 0 Å². The van der Waals surface area contributed by atoms with E-state index in [1.807, 2.05) is 73.8 Å². The zero-order valence-corrected chi connectivity index (χ0v) is 23.5. The van der Waals surface area contributed by atoms with Crippen LogP contribution in [-0.2, 0) is 9.53 Å². The van der Waals surface area contributed by atoms with Gasteiger partial charge in [0, 0.05) is 36.5 Å². The summed E-state index contributed by atoms with van der Waals surface area (Å²) in [6.45, 7) is 2.74. The average molecular weight is 555 g/mol. The molecule has 9 nitrogen and oxygen atoms in total. The molecule has 5 rings (SSSR count). The first-order chi connectivity index (χ1) is 20.0. The van der Waals surface area contributed by atoms with E-state index < -0.39 is 0 Å². The second-order valence-corrected chi connectivity index (χ2v) is 9.91. The normalized spacial score (nSPS) is 14.5. The number of ether oxygens (including phenoxy) is 3. The van der Waals surface area contributed by atoms with E-state index in [1.165, 1.54) is 0 Å². The highest BCUT2D eigenvalue weighted by molar-refractivity contribution is 6.00. The molecule has 2 heterocycles. The minimum Gasteiger partial charge on any atom is -0.493 e. The topological polar surface area (TPSA) is 94.9 Å². The molecule has 9 heteroatoms. The van der Waals surface area contributed by atoms with E-state index in [0.717, 1.165) is 29.7 Å². The van der Waals surface area contributed by atoms with Gasteiger partial charge >= 0.3 is 0 Å². The van der Waals surface area contributed by atoms with Crippen molar-refractivity contribution in [2.75, 3.05) is 39.2 Å². The lowest BCUT2D eigenvalue weighted by Gasteiger charge is -2.25. The molecule has 212 valence electrons. The summed E-state index contributed by atoms with van der Waals surface area (Å²) in [5.74, 6) is 0.883. The fourth-order valence-corrected chi connectivity index (χ4v) is 4.96. The largest absolute Gasteiger partial charge is 0.493 e. The van der Waals surface area contributed by atoms with Crippen molar-refractivity contribution in [1.82, 2.24) is 14.5 Å². The molecule has 4 aromatic rings. The Morgan fingerprint density at radius 2 is 1.78 bits per heavy atom. The number of aromatic nitrogens is 2. The number of nitrogens with zero attached hydrogens (tertiary/aromatic N) is 3. The van der Waals surface area contributed by atoms with Crippen molar-refractivity contribution in [3.8, 4) is 28.4 Å². The van der Waals surface area contributed by atoms with E-state index in [1.54, 1.807) is 35.8 Å². The summed E-state index contributed by atoms with van der Waals surface area (Å²) >= 11 is 0. The van der Waals surface area contributed by atoms with Crippen molar-refractivity contribution in [2.24, 2.45) is 0 Å². The minimum absolute atomic E-state index is 0.103. The predicted molar refractivity (Wildman–Crippen MR) is 157 cm³/mol. The molecule has 2 amide bonds. The molecule has 0 aliphatic carbocycles. The predicted octanol–water partition coefficient (Wildman–Crippen LogP) is 5.12. The molecular weight excluding hydrogens is 520 g/mol. The Kier molecular flexibility index (Phi) is 8.64. The maximum atomic E-state index is 13.6. The van der Waals surface area contributed by atoms with Crippen LogP contribution in [0, 0.1) is 6.92 Å². The quantitative estimate of drug-likeness (QED) is 0.292. The van der Waals surface area contributed by atoms with Crippen molar-refractivity contribution < 1.29 is 23.8 Å². The van der Waals surface area contributed by atoms with Crippen molar-refractivity contribution in [3.05, 3.63) is 90.1 Å². The van der Waals surface area contributed by atoms with Gasteiger partial charge < -0.3 is 19.1 Å². The van der Waals surface area contributed by atoms with Gasteiger partial charge in [-0.1, -0.05) is 48.5 Å². The van der Waals surface area contributed by atoms with Crippen LogP contribution in [0.2, 0.25) is 0 Å². The first-order valence-corrected chi connectivity index (χ1v) is 13.6. The molecule has 0 bridgehead atoms. The van der Waals surface area contributed by atoms with Crippen LogP contribution in [0.1, 0.15) is 28.8 Å². The van der Waals surface area contributed by atoms with Crippen LogP contribution < -0.4 is 14.8 Å². The summed E-state index contributed by atoms with van der Waals surface area (Å²) in [5, 5.41) is 2.95. The maximum absolute atomic E-state index is 13.6. The second-order valence-electron chi connectivity index (χ2n) is 9.91. The summed E-state index contributed by atoms with van der Waals surface area (Å²) in [6.07, 6.45) is 3.54. The fraction of sp³-hybridized carbons (Fsp3) is 0.281. The van der Waals surface area contributed by atoms with Gasteiger partial charge in [0.15, 0.2) is 11.5 Å². The molecule has 3 aromatic carbocycles. The Hall–Kier alpha value is -4.63. The molecule has 1 aliphatic heterocycles. The average Bonchev–Trinajstić information content (AvgIpc) is 3.67. The second kappa shape index (κ2) is 12.7. The van der Waals surface area contributed by atoms with Gasteiger partial charge in [0.1, 0.15) is 6.54 Å². The fourth-order valence-electron chi connectivity index (χ4n) is 4.96. The van der Waals surface area contributed by atoms with E-state index in [9.17, 15) is 9.59 Å². The molecule has 1 aromatic heterocycles. The van der Waals surface area contributed by atoms with E-state index >= 15 is 0 Å². The zero-order valence-electron chi connectivity index (χ0n) is 23.5. The van der Waals surface area contributed by atoms with Crippen LogP contribution in [0.5, 0.6) is 11.5 Å². The van der Waals surface area contributed by atoms with E-state index in [0.29, 0.717) is 41.9 Å². The number of imidazole rings is 1. The number of nitrogens with one attached hydrogen (secondary N) is 1. The molecule has 1 N–H and O–H groups in total. The Bertz CT molecular complexity index is 1510. The van der Waals surface area contributed by atoms with Crippen LogP contribution >= 0.6 is 0 Å². The lowest BCUT2D eigenvalue weighted by Crippen LogP contribution is -2.42. The molecule has 0 unspecified atom stereocenters. The summed E-state index contributed by atoms with van der Waals surface area (Å²) in [7, 11) is 3.15. The highest BCUT2D eigenvalue weighted by Crippen LogP contribution is 2.32. The van der Waals surface area contributed by atoms with E-state index in [4.69, 9.17) is 19.2 Å². The Morgan fingerprint density at radius 3 is 2.49 bits per heavy atom. The highest BCUT2D eigenvalue weighted by Gasteiger charge is 2.27. The van der Waals surface area contributed by atoms with Gasteiger partial charge in [0.05, 0.1) is 31.7 Å². The van der Waals surface area contributed by atoms with Crippen molar-refractivity contribution in [3.63, 3.8) is 0 Å². The molecule has 0 radical (unpaired) electrons. The highest BCUT2D eigenvalue weighted by atomic mass is 16.5. The number of hydrogen-bond donors (Lipinski definition) is 1. The van der Waals surface area contributed by atoms with Gasteiger partial charge in [0.2, 0.25) is 11.9 Å². The number of rotatable bonds is 10. The first kappa shape index (κ1) is 27.9. The standard InChI is InChI=1S/C32H34N4O5/c1-22-10-7-8-14-26(22)31(38)35(19-25-13-9-17-41-25)21-30(37)34-32-33-27(23-11-5-4-6-12-23)20-36(32)24-15-16-28(39-2)29(18-24)40-3/h4-8,10-12,14-16,18,20,25H,9,13,17,19,21H2,1-3H3,(H,33,34,37)/t25-/m1/s1. The summed E-state index contributed by atoms with van der Waals surface area (Å²) in [4.78, 5) is 33.4. The van der Waals surface area contributed by atoms with Gasteiger partial charge in [-0.25, -0.2) is 4.98 Å². The number of methoxy groups -OCH3 is 2. The molecule has 1 aliphatic rings. The third kappa shape index (κ3) is 6.41. The zero-order chi connectivity index (χ0) is 28.8. The number of anilines is 1. The Labute approximate surface area is 239 Å². The van der Waals surface area contributed by atoms with Gasteiger partial charge in [-0.15, -0.1) is 0 Å². The van der Waals surface area contributed by atoms with E-state index in [2.05, 4.69) is 5.32 Å². The van der Waals surface area contributed by atoms with Gasteiger partial charge in [-0.3, -0.25) is 19.5 Å². The SMILES string of the molecule is COc1ccc(-n2cc(-c3ccccc3)nc2NC(=O)CN(C[C@H]2CCCO2)C(=O)c2ccccc2C)cc1OC. The Balaban J connectivity index is 1.45. The van der Waals surface area contributed by atoms with Crippen LogP contribution in [0.15, 0.2) is 79.0 Å². The van der Waals surface area contributed by atoms with Crippen molar-refractivity contribution >= 4 is 17.8 Å². The lowest BCUT2D eigenvalue weighted by atomic mass is 10.1. The molecule has 0 saturated carbocycles. The summed E-state index contributed by atoms with van der Waals surface area (Å²) < 4.78 is 18.5. The van der Waals surface area contributed by atoms with E-state index in [-0.39, 0.29) is 24.5 Å². The number of carbonyl (C=O) groups is 2. The van der Waals surface area contributed by atoms with Crippen LogP contribution in [0.4, 0.5) is 5.95 Å². The smallest absolute Gasteiger partial charge is 0.254 e. The monoisotopic (exact) mass is 554 g/mol. The summed E-state index contributed by atoms with van der Waals surface area (Å²) in [6, 6.07) is 22.6. The number of carbonyl (C=O) groups excluding carboxylic acids is 2. The third-order valence-electron chi connectivity index (χ3n) is 7.12. The number of hydrogen-bond acceptors (Lipinski definition) is 6. The van der Waals surface area contributed by atoms with Gasteiger partial charge in [-0.2, -0.15) is 0 Å². The number of benzene rings is 3. The number of aryl methyl sites for hydroxylation is 1. The molecule has 0 spiro atoms. The van der Waals surface area contributed by atoms with Gasteiger partial charge in [-0.05, 0) is 43.5 Å². The minimum atomic E-state index is -0.364. The van der Waals surface area contributed by atoms with Crippen molar-refractivity contribution in [2.45, 2.75) is 25.9 Å². The molecule has 1 atom stereocenters. The number of amides is 2. The van der Waals surface area contributed by atoms with Crippen LogP contribution in [-0.4, -0.2) is 66.3 Å². The molecule has 1 saturated heterocycles. The third-order valence-corrected chi connectivity index (χ3v) is 7.12. The molecule has 41 heavy (non-hydrogen) atoms. The lowest BCUT2D eigenvalue weighted by molar-refractivity contribution is -0.117. The van der Waals surface area contributed by atoms with Gasteiger partial charge in [0.25, 0.3) is 5.91 Å². The molecule has 1 fully saturated rings. The first-order valence-electron chi connectivity index (χ1n) is 13.6.